The smallest absolute Gasteiger partial charge is 0.326 e. The van der Waals surface area contributed by atoms with Crippen LogP contribution in [0.5, 0.6) is 0 Å². The molecular formula is C12H22N2O4. The van der Waals surface area contributed by atoms with Gasteiger partial charge in [-0.3, -0.25) is 0 Å². The number of aliphatic carboxylic acids is 1. The van der Waals surface area contributed by atoms with E-state index in [0.29, 0.717) is 26.3 Å². The van der Waals surface area contributed by atoms with Crippen LogP contribution in [0, 0.1) is 5.41 Å². The van der Waals surface area contributed by atoms with Gasteiger partial charge in [0.15, 0.2) is 0 Å². The maximum atomic E-state index is 12.0. The van der Waals surface area contributed by atoms with Crippen LogP contribution in [0.1, 0.15) is 27.2 Å². The molecule has 0 aromatic heterocycles. The number of nitrogens with zero attached hydrogens (tertiary/aromatic N) is 1. The molecule has 0 saturated carbocycles. The van der Waals surface area contributed by atoms with Crippen molar-refractivity contribution >= 4 is 12.0 Å². The van der Waals surface area contributed by atoms with Crippen LogP contribution in [0.4, 0.5) is 4.79 Å². The average Bonchev–Trinajstić information content (AvgIpc) is 2.51. The second-order valence-electron chi connectivity index (χ2n) is 5.54. The minimum absolute atomic E-state index is 0.331. The van der Waals surface area contributed by atoms with Crippen molar-refractivity contribution in [2.24, 2.45) is 5.41 Å². The van der Waals surface area contributed by atoms with E-state index >= 15 is 0 Å². The molecule has 1 heterocycles. The van der Waals surface area contributed by atoms with E-state index in [0.717, 1.165) is 6.42 Å². The number of hydrogen-bond donors (Lipinski definition) is 2. The van der Waals surface area contributed by atoms with E-state index in [9.17, 15) is 9.59 Å². The van der Waals surface area contributed by atoms with Crippen LogP contribution in [-0.4, -0.2) is 54.4 Å². The third-order valence-corrected chi connectivity index (χ3v) is 2.89. The van der Waals surface area contributed by atoms with Crippen molar-refractivity contribution in [3.63, 3.8) is 0 Å². The summed E-state index contributed by atoms with van der Waals surface area (Å²) in [5.41, 5.74) is -0.524. The van der Waals surface area contributed by atoms with E-state index in [4.69, 9.17) is 9.84 Å². The van der Waals surface area contributed by atoms with E-state index in [-0.39, 0.29) is 6.03 Å². The summed E-state index contributed by atoms with van der Waals surface area (Å²) in [6.07, 6.45) is 0.778. The molecule has 6 heteroatoms. The van der Waals surface area contributed by atoms with Crippen molar-refractivity contribution < 1.29 is 19.4 Å². The highest BCUT2D eigenvalue weighted by Gasteiger charge is 2.33. The van der Waals surface area contributed by atoms with Crippen LogP contribution in [0.2, 0.25) is 0 Å². The molecule has 0 bridgehead atoms. The van der Waals surface area contributed by atoms with Crippen molar-refractivity contribution in [2.45, 2.75) is 33.2 Å². The highest BCUT2D eigenvalue weighted by atomic mass is 16.5. The normalized spacial score (nSPS) is 18.9. The van der Waals surface area contributed by atoms with Gasteiger partial charge in [-0.2, -0.15) is 0 Å². The summed E-state index contributed by atoms with van der Waals surface area (Å²) < 4.78 is 5.26. The van der Waals surface area contributed by atoms with Crippen molar-refractivity contribution in [3.8, 4) is 0 Å². The van der Waals surface area contributed by atoms with Crippen molar-refractivity contribution in [1.29, 1.82) is 0 Å². The molecule has 2 amide bonds. The van der Waals surface area contributed by atoms with E-state index in [1.54, 1.807) is 25.7 Å². The molecular weight excluding hydrogens is 236 g/mol. The van der Waals surface area contributed by atoms with Gasteiger partial charge in [-0.25, -0.2) is 9.59 Å². The van der Waals surface area contributed by atoms with E-state index in [2.05, 4.69) is 5.32 Å². The van der Waals surface area contributed by atoms with Crippen LogP contribution in [0.15, 0.2) is 0 Å². The molecule has 0 spiro atoms. The number of hydrogen-bond acceptors (Lipinski definition) is 3. The SMILES string of the molecule is CC(C)(C)[C@H](NC(=O)N1CCCOCC1)C(=O)O. The second-order valence-corrected chi connectivity index (χ2v) is 5.54. The van der Waals surface area contributed by atoms with Gasteiger partial charge in [0.1, 0.15) is 6.04 Å². The highest BCUT2D eigenvalue weighted by Crippen LogP contribution is 2.19. The van der Waals surface area contributed by atoms with Gasteiger partial charge in [-0.15, -0.1) is 0 Å². The molecule has 1 fully saturated rings. The van der Waals surface area contributed by atoms with Crippen molar-refractivity contribution in [1.82, 2.24) is 10.2 Å². The van der Waals surface area contributed by atoms with Gasteiger partial charge in [-0.05, 0) is 11.8 Å². The molecule has 2 N–H and O–H groups in total. The zero-order chi connectivity index (χ0) is 13.8. The van der Waals surface area contributed by atoms with E-state index in [1.165, 1.54) is 0 Å². The Balaban J connectivity index is 2.63. The van der Waals surface area contributed by atoms with Crippen LogP contribution in [0.25, 0.3) is 0 Å². The Morgan fingerprint density at radius 2 is 1.94 bits per heavy atom. The summed E-state index contributed by atoms with van der Waals surface area (Å²) >= 11 is 0. The predicted molar refractivity (Wildman–Crippen MR) is 66.4 cm³/mol. The number of carboxylic acid groups (broad SMARTS) is 1. The number of amides is 2. The van der Waals surface area contributed by atoms with Crippen LogP contribution < -0.4 is 5.32 Å². The molecule has 18 heavy (non-hydrogen) atoms. The Labute approximate surface area is 107 Å². The summed E-state index contributed by atoms with van der Waals surface area (Å²) in [7, 11) is 0. The maximum absolute atomic E-state index is 12.0. The molecule has 1 atom stereocenters. The first kappa shape index (κ1) is 14.8. The zero-order valence-electron chi connectivity index (χ0n) is 11.2. The summed E-state index contributed by atoms with van der Waals surface area (Å²) in [6.45, 7) is 7.61. The quantitative estimate of drug-likeness (QED) is 0.772. The molecule has 0 aliphatic carbocycles. The number of rotatable bonds is 2. The molecule has 1 aliphatic rings. The van der Waals surface area contributed by atoms with Gasteiger partial charge >= 0.3 is 12.0 Å². The van der Waals surface area contributed by atoms with Gasteiger partial charge in [0, 0.05) is 19.7 Å². The van der Waals surface area contributed by atoms with Gasteiger partial charge in [0.25, 0.3) is 0 Å². The summed E-state index contributed by atoms with van der Waals surface area (Å²) in [6, 6.07) is -1.23. The molecule has 0 aromatic carbocycles. The Bertz CT molecular complexity index is 304. The molecule has 1 aliphatic heterocycles. The lowest BCUT2D eigenvalue weighted by Crippen LogP contribution is -2.53. The Morgan fingerprint density at radius 3 is 2.50 bits per heavy atom. The van der Waals surface area contributed by atoms with Crippen molar-refractivity contribution in [2.75, 3.05) is 26.3 Å². The number of ether oxygens (including phenoxy) is 1. The summed E-state index contributed by atoms with van der Waals surface area (Å²) in [4.78, 5) is 24.8. The third-order valence-electron chi connectivity index (χ3n) is 2.89. The Kier molecular flexibility index (Phi) is 4.95. The Morgan fingerprint density at radius 1 is 1.28 bits per heavy atom. The number of nitrogens with one attached hydrogen (secondary N) is 1. The fraction of sp³-hybridized carbons (Fsp3) is 0.833. The molecule has 0 unspecified atom stereocenters. The number of carbonyl (C=O) groups is 2. The monoisotopic (exact) mass is 258 g/mol. The van der Waals surface area contributed by atoms with Crippen LogP contribution in [0.3, 0.4) is 0 Å². The minimum atomic E-state index is -1.01. The van der Waals surface area contributed by atoms with Gasteiger partial charge in [0.05, 0.1) is 6.61 Å². The summed E-state index contributed by atoms with van der Waals surface area (Å²) in [5, 5.41) is 11.7. The molecule has 1 rings (SSSR count). The number of carboxylic acids is 1. The number of urea groups is 1. The van der Waals surface area contributed by atoms with E-state index in [1.807, 2.05) is 0 Å². The predicted octanol–water partition coefficient (Wildman–Crippen LogP) is 0.918. The van der Waals surface area contributed by atoms with Gasteiger partial charge in [0.2, 0.25) is 0 Å². The number of carbonyl (C=O) groups excluding carboxylic acids is 1. The average molecular weight is 258 g/mol. The minimum Gasteiger partial charge on any atom is -0.480 e. The lowest BCUT2D eigenvalue weighted by atomic mass is 9.87. The first-order valence-corrected chi connectivity index (χ1v) is 6.18. The fourth-order valence-electron chi connectivity index (χ4n) is 1.81. The first-order valence-electron chi connectivity index (χ1n) is 6.18. The topological polar surface area (TPSA) is 78.9 Å². The molecule has 1 saturated heterocycles. The maximum Gasteiger partial charge on any atom is 0.326 e. The van der Waals surface area contributed by atoms with E-state index < -0.39 is 17.4 Å². The van der Waals surface area contributed by atoms with Gasteiger partial charge < -0.3 is 20.1 Å². The lowest BCUT2D eigenvalue weighted by molar-refractivity contribution is -0.142. The first-order chi connectivity index (χ1) is 8.32. The molecule has 0 aromatic rings. The molecule has 6 nitrogen and oxygen atoms in total. The standard InChI is InChI=1S/C12H22N2O4/c1-12(2,3)9(10(15)16)13-11(17)14-5-4-7-18-8-6-14/h9H,4-8H2,1-3H3,(H,13,17)(H,15,16)/t9-/m1/s1. The largest absolute Gasteiger partial charge is 0.480 e. The molecule has 104 valence electrons. The Hall–Kier alpha value is -1.30. The zero-order valence-corrected chi connectivity index (χ0v) is 11.2. The van der Waals surface area contributed by atoms with Crippen molar-refractivity contribution in [3.05, 3.63) is 0 Å². The van der Waals surface area contributed by atoms with Crippen LogP contribution >= 0.6 is 0 Å². The third kappa shape index (κ3) is 4.18. The molecule has 0 radical (unpaired) electrons. The summed E-state index contributed by atoms with van der Waals surface area (Å²) in [5.74, 6) is -1.01. The fourth-order valence-corrected chi connectivity index (χ4v) is 1.81. The van der Waals surface area contributed by atoms with Gasteiger partial charge in [-0.1, -0.05) is 20.8 Å². The van der Waals surface area contributed by atoms with Crippen LogP contribution in [-0.2, 0) is 9.53 Å². The second kappa shape index (κ2) is 6.04. The lowest BCUT2D eigenvalue weighted by Gasteiger charge is -2.30. The highest BCUT2D eigenvalue weighted by molar-refractivity contribution is 5.83.